The molecule has 1 amide bonds. The Labute approximate surface area is 127 Å². The van der Waals surface area contributed by atoms with E-state index in [1.54, 1.807) is 4.90 Å². The summed E-state index contributed by atoms with van der Waals surface area (Å²) in [7, 11) is 0. The van der Waals surface area contributed by atoms with Crippen molar-refractivity contribution < 1.29 is 18.0 Å². The monoisotopic (exact) mass is 315 g/mol. The first-order valence-corrected chi connectivity index (χ1v) is 7.52. The zero-order valence-electron chi connectivity index (χ0n) is 12.3. The van der Waals surface area contributed by atoms with E-state index in [-0.39, 0.29) is 24.7 Å². The molecule has 1 aromatic heterocycles. The summed E-state index contributed by atoms with van der Waals surface area (Å²) in [6.07, 6.45) is 1.28. The van der Waals surface area contributed by atoms with E-state index in [2.05, 4.69) is 10.3 Å². The van der Waals surface area contributed by atoms with E-state index in [1.807, 2.05) is 0 Å². The Morgan fingerprint density at radius 1 is 1.23 bits per heavy atom. The van der Waals surface area contributed by atoms with Crippen LogP contribution < -0.4 is 5.32 Å². The SMILES string of the molecule is O=C(CCNc1ncccc1C(F)(F)F)N1CCCCCC1. The van der Waals surface area contributed by atoms with Crippen LogP contribution in [0.1, 0.15) is 37.7 Å². The van der Waals surface area contributed by atoms with Crippen molar-refractivity contribution in [2.75, 3.05) is 25.0 Å². The first-order valence-electron chi connectivity index (χ1n) is 7.52. The number of carbonyl (C=O) groups is 1. The summed E-state index contributed by atoms with van der Waals surface area (Å²) in [6, 6.07) is 2.22. The highest BCUT2D eigenvalue weighted by molar-refractivity contribution is 5.76. The lowest BCUT2D eigenvalue weighted by molar-refractivity contribution is -0.137. The van der Waals surface area contributed by atoms with Gasteiger partial charge < -0.3 is 10.2 Å². The summed E-state index contributed by atoms with van der Waals surface area (Å²) in [5.74, 6) is -0.238. The Bertz CT molecular complexity index is 497. The van der Waals surface area contributed by atoms with Crippen LogP contribution >= 0.6 is 0 Å². The molecule has 22 heavy (non-hydrogen) atoms. The largest absolute Gasteiger partial charge is 0.419 e. The molecule has 122 valence electrons. The third-order valence-electron chi connectivity index (χ3n) is 3.70. The zero-order valence-corrected chi connectivity index (χ0v) is 12.3. The molecule has 0 aromatic carbocycles. The first kappa shape index (κ1) is 16.6. The normalized spacial score (nSPS) is 16.2. The number of hydrogen-bond donors (Lipinski definition) is 1. The molecule has 1 saturated heterocycles. The second kappa shape index (κ2) is 7.47. The van der Waals surface area contributed by atoms with Crippen molar-refractivity contribution in [3.05, 3.63) is 23.9 Å². The fourth-order valence-corrected chi connectivity index (χ4v) is 2.54. The number of nitrogens with one attached hydrogen (secondary N) is 1. The molecule has 0 aliphatic carbocycles. The molecule has 2 rings (SSSR count). The van der Waals surface area contributed by atoms with Gasteiger partial charge in [0, 0.05) is 32.3 Å². The van der Waals surface area contributed by atoms with Crippen LogP contribution in [0, 0.1) is 0 Å². The average Bonchev–Trinajstić information content (AvgIpc) is 2.75. The van der Waals surface area contributed by atoms with Gasteiger partial charge in [-0.25, -0.2) is 4.98 Å². The van der Waals surface area contributed by atoms with Crippen molar-refractivity contribution in [2.24, 2.45) is 0 Å². The molecule has 7 heteroatoms. The van der Waals surface area contributed by atoms with Gasteiger partial charge in [0.25, 0.3) is 0 Å². The van der Waals surface area contributed by atoms with E-state index < -0.39 is 11.7 Å². The van der Waals surface area contributed by atoms with Gasteiger partial charge in [0.2, 0.25) is 5.91 Å². The van der Waals surface area contributed by atoms with E-state index in [0.717, 1.165) is 44.8 Å². The van der Waals surface area contributed by atoms with Gasteiger partial charge in [0.15, 0.2) is 0 Å². The number of hydrogen-bond acceptors (Lipinski definition) is 3. The van der Waals surface area contributed by atoms with Gasteiger partial charge in [-0.1, -0.05) is 12.8 Å². The second-order valence-electron chi connectivity index (χ2n) is 5.37. The smallest absolute Gasteiger partial charge is 0.369 e. The molecular weight excluding hydrogens is 295 g/mol. The number of carbonyl (C=O) groups excluding carboxylic acids is 1. The third kappa shape index (κ3) is 4.61. The van der Waals surface area contributed by atoms with Gasteiger partial charge in [-0.05, 0) is 25.0 Å². The molecule has 2 heterocycles. The number of amides is 1. The number of likely N-dealkylation sites (tertiary alicyclic amines) is 1. The van der Waals surface area contributed by atoms with Crippen molar-refractivity contribution >= 4 is 11.7 Å². The Morgan fingerprint density at radius 2 is 1.91 bits per heavy atom. The fourth-order valence-electron chi connectivity index (χ4n) is 2.54. The van der Waals surface area contributed by atoms with Crippen LogP contribution in [-0.2, 0) is 11.0 Å². The van der Waals surface area contributed by atoms with Crippen molar-refractivity contribution in [3.8, 4) is 0 Å². The molecule has 1 aliphatic rings. The van der Waals surface area contributed by atoms with Gasteiger partial charge >= 0.3 is 6.18 Å². The van der Waals surface area contributed by atoms with Crippen LogP contribution in [0.5, 0.6) is 0 Å². The Balaban J connectivity index is 1.87. The molecule has 1 aromatic rings. The van der Waals surface area contributed by atoms with Crippen LogP contribution in [0.2, 0.25) is 0 Å². The molecule has 0 atom stereocenters. The molecule has 0 saturated carbocycles. The number of nitrogens with zero attached hydrogens (tertiary/aromatic N) is 2. The Morgan fingerprint density at radius 3 is 2.55 bits per heavy atom. The molecule has 1 N–H and O–H groups in total. The van der Waals surface area contributed by atoms with Gasteiger partial charge in [-0.2, -0.15) is 13.2 Å². The van der Waals surface area contributed by atoms with Crippen molar-refractivity contribution in [1.29, 1.82) is 0 Å². The summed E-state index contributed by atoms with van der Waals surface area (Å²) in [5, 5.41) is 2.63. The van der Waals surface area contributed by atoms with Crippen LogP contribution in [0.3, 0.4) is 0 Å². The quantitative estimate of drug-likeness (QED) is 0.927. The van der Waals surface area contributed by atoms with Gasteiger partial charge in [-0.15, -0.1) is 0 Å². The summed E-state index contributed by atoms with van der Waals surface area (Å²) in [4.78, 5) is 17.6. The molecule has 4 nitrogen and oxygen atoms in total. The van der Waals surface area contributed by atoms with Crippen LogP contribution in [0.25, 0.3) is 0 Å². The maximum atomic E-state index is 12.8. The lowest BCUT2D eigenvalue weighted by Crippen LogP contribution is -2.33. The maximum absolute atomic E-state index is 12.8. The van der Waals surface area contributed by atoms with Gasteiger partial charge in [0.05, 0.1) is 5.56 Å². The van der Waals surface area contributed by atoms with E-state index in [1.165, 1.54) is 12.3 Å². The molecule has 0 bridgehead atoms. The lowest BCUT2D eigenvalue weighted by Gasteiger charge is -2.20. The second-order valence-corrected chi connectivity index (χ2v) is 5.37. The minimum Gasteiger partial charge on any atom is -0.369 e. The summed E-state index contributed by atoms with van der Waals surface area (Å²) in [6.45, 7) is 1.64. The predicted octanol–water partition coefficient (Wildman–Crippen LogP) is 3.31. The standard InChI is InChI=1S/C15H20F3N3O/c16-15(17,18)12-6-5-8-19-14(12)20-9-7-13(22)21-10-3-1-2-4-11-21/h5-6,8H,1-4,7,9-11H2,(H,19,20). The van der Waals surface area contributed by atoms with Crippen LogP contribution in [-0.4, -0.2) is 35.4 Å². The third-order valence-corrected chi connectivity index (χ3v) is 3.70. The number of alkyl halides is 3. The van der Waals surface area contributed by atoms with E-state index in [0.29, 0.717) is 0 Å². The fraction of sp³-hybridized carbons (Fsp3) is 0.600. The summed E-state index contributed by atoms with van der Waals surface area (Å²) < 4.78 is 38.4. The highest BCUT2D eigenvalue weighted by Gasteiger charge is 2.34. The highest BCUT2D eigenvalue weighted by Crippen LogP contribution is 2.33. The molecular formula is C15H20F3N3O. The van der Waals surface area contributed by atoms with E-state index in [4.69, 9.17) is 0 Å². The van der Waals surface area contributed by atoms with E-state index >= 15 is 0 Å². The van der Waals surface area contributed by atoms with Gasteiger partial charge in [0.1, 0.15) is 5.82 Å². The number of pyridine rings is 1. The summed E-state index contributed by atoms with van der Waals surface area (Å²) in [5.41, 5.74) is -0.808. The highest BCUT2D eigenvalue weighted by atomic mass is 19.4. The molecule has 1 aliphatic heterocycles. The first-order chi connectivity index (χ1) is 10.5. The predicted molar refractivity (Wildman–Crippen MR) is 77.4 cm³/mol. The van der Waals surface area contributed by atoms with Crippen molar-refractivity contribution in [3.63, 3.8) is 0 Å². The van der Waals surface area contributed by atoms with Crippen LogP contribution in [0.15, 0.2) is 18.3 Å². The number of rotatable bonds is 4. The number of aromatic nitrogens is 1. The average molecular weight is 315 g/mol. The maximum Gasteiger partial charge on any atom is 0.419 e. The van der Waals surface area contributed by atoms with Gasteiger partial charge in [-0.3, -0.25) is 4.79 Å². The molecule has 0 spiro atoms. The molecule has 1 fully saturated rings. The van der Waals surface area contributed by atoms with Crippen LogP contribution in [0.4, 0.5) is 19.0 Å². The number of anilines is 1. The van der Waals surface area contributed by atoms with Crippen molar-refractivity contribution in [2.45, 2.75) is 38.3 Å². The van der Waals surface area contributed by atoms with E-state index in [9.17, 15) is 18.0 Å². The van der Waals surface area contributed by atoms with Crippen molar-refractivity contribution in [1.82, 2.24) is 9.88 Å². The Kier molecular flexibility index (Phi) is 5.63. The topological polar surface area (TPSA) is 45.2 Å². The minimum atomic E-state index is -4.45. The minimum absolute atomic E-state index is 0.0149. The Hall–Kier alpha value is -1.79. The zero-order chi connectivity index (χ0) is 16.0. The summed E-state index contributed by atoms with van der Waals surface area (Å²) >= 11 is 0. The molecule has 0 radical (unpaired) electrons. The molecule has 0 unspecified atom stereocenters. The number of halogens is 3. The lowest BCUT2D eigenvalue weighted by atomic mass is 10.2.